The summed E-state index contributed by atoms with van der Waals surface area (Å²) < 4.78 is 4.90. The van der Waals surface area contributed by atoms with Gasteiger partial charge in [-0.25, -0.2) is 9.78 Å². The lowest BCUT2D eigenvalue weighted by Crippen LogP contribution is -2.06. The summed E-state index contributed by atoms with van der Waals surface area (Å²) in [6.45, 7) is 2.05. The first-order chi connectivity index (χ1) is 10.8. The van der Waals surface area contributed by atoms with E-state index in [1.165, 1.54) is 0 Å². The van der Waals surface area contributed by atoms with Gasteiger partial charge in [0.2, 0.25) is 5.82 Å². The normalized spacial score (nSPS) is 10.4. The van der Waals surface area contributed by atoms with Gasteiger partial charge in [-0.05, 0) is 24.1 Å². The molecule has 110 valence electrons. The minimum Gasteiger partial charge on any atom is -0.460 e. The molecule has 1 N–H and O–H groups in total. The summed E-state index contributed by atoms with van der Waals surface area (Å²) in [4.78, 5) is 15.8. The van der Waals surface area contributed by atoms with Crippen LogP contribution in [0.5, 0.6) is 0 Å². The van der Waals surface area contributed by atoms with Crippen LogP contribution < -0.4 is 0 Å². The number of hydrogen-bond acceptors (Lipinski definition) is 4. The molecule has 1 heterocycles. The Labute approximate surface area is 128 Å². The summed E-state index contributed by atoms with van der Waals surface area (Å²) in [6.07, 6.45) is 0. The Bertz CT molecular complexity index is 781. The molecule has 3 aromatic rings. The van der Waals surface area contributed by atoms with Gasteiger partial charge in [0.1, 0.15) is 0 Å². The van der Waals surface area contributed by atoms with E-state index in [1.807, 2.05) is 54.6 Å². The predicted molar refractivity (Wildman–Crippen MR) is 83.2 cm³/mol. The van der Waals surface area contributed by atoms with E-state index in [2.05, 4.69) is 15.2 Å². The van der Waals surface area contributed by atoms with Gasteiger partial charge in [0.25, 0.3) is 0 Å². The largest absolute Gasteiger partial charge is 0.460 e. The molecule has 0 bridgehead atoms. The lowest BCUT2D eigenvalue weighted by atomic mass is 10.0. The molecule has 0 spiro atoms. The topological polar surface area (TPSA) is 67.9 Å². The number of rotatable bonds is 4. The Morgan fingerprint density at radius 3 is 2.55 bits per heavy atom. The SMILES string of the molecule is CCOC(=O)c1nc(-c2cccc(-c3ccccc3)c2)n[nH]1. The van der Waals surface area contributed by atoms with Crippen molar-refractivity contribution in [1.29, 1.82) is 0 Å². The van der Waals surface area contributed by atoms with Crippen LogP contribution in [0.25, 0.3) is 22.5 Å². The molecule has 0 fully saturated rings. The highest BCUT2D eigenvalue weighted by molar-refractivity contribution is 5.85. The van der Waals surface area contributed by atoms with Crippen molar-refractivity contribution >= 4 is 5.97 Å². The number of aromatic amines is 1. The minimum atomic E-state index is -0.500. The zero-order valence-corrected chi connectivity index (χ0v) is 12.1. The monoisotopic (exact) mass is 293 g/mol. The first-order valence-corrected chi connectivity index (χ1v) is 7.03. The number of aromatic nitrogens is 3. The van der Waals surface area contributed by atoms with Crippen molar-refractivity contribution in [2.75, 3.05) is 6.61 Å². The number of nitrogens with one attached hydrogen (secondary N) is 1. The molecule has 0 aliphatic heterocycles. The van der Waals surface area contributed by atoms with Crippen molar-refractivity contribution in [2.45, 2.75) is 6.92 Å². The van der Waals surface area contributed by atoms with Gasteiger partial charge in [0.05, 0.1) is 6.61 Å². The second kappa shape index (κ2) is 6.22. The number of nitrogens with zero attached hydrogens (tertiary/aromatic N) is 2. The number of carbonyl (C=O) groups excluding carboxylic acids is 1. The third-order valence-electron chi connectivity index (χ3n) is 3.18. The van der Waals surface area contributed by atoms with Gasteiger partial charge in [-0.3, -0.25) is 5.10 Å². The molecule has 0 amide bonds. The summed E-state index contributed by atoms with van der Waals surface area (Å²) in [7, 11) is 0. The molecule has 5 heteroatoms. The number of H-pyrrole nitrogens is 1. The lowest BCUT2D eigenvalue weighted by Gasteiger charge is -2.03. The molecule has 3 rings (SSSR count). The highest BCUT2D eigenvalue weighted by Gasteiger charge is 2.14. The lowest BCUT2D eigenvalue weighted by molar-refractivity contribution is 0.0512. The molecule has 0 unspecified atom stereocenters. The van der Waals surface area contributed by atoms with E-state index < -0.39 is 5.97 Å². The van der Waals surface area contributed by atoms with Crippen LogP contribution in [-0.2, 0) is 4.74 Å². The standard InChI is InChI=1S/C17H15N3O2/c1-2-22-17(21)16-18-15(19-20-16)14-10-6-9-13(11-14)12-7-4-3-5-8-12/h3-11H,2H2,1H3,(H,18,19,20). The highest BCUT2D eigenvalue weighted by atomic mass is 16.5. The van der Waals surface area contributed by atoms with Crippen LogP contribution in [0.4, 0.5) is 0 Å². The van der Waals surface area contributed by atoms with E-state index in [0.717, 1.165) is 16.7 Å². The molecule has 2 aromatic carbocycles. The average molecular weight is 293 g/mol. The first-order valence-electron chi connectivity index (χ1n) is 7.03. The van der Waals surface area contributed by atoms with Crippen molar-refractivity contribution in [3.05, 3.63) is 60.4 Å². The molecular formula is C17H15N3O2. The predicted octanol–water partition coefficient (Wildman–Crippen LogP) is 3.32. The molecule has 1 aromatic heterocycles. The van der Waals surface area contributed by atoms with Crippen LogP contribution in [0.15, 0.2) is 54.6 Å². The summed E-state index contributed by atoms with van der Waals surface area (Å²) in [6, 6.07) is 17.9. The van der Waals surface area contributed by atoms with E-state index in [0.29, 0.717) is 12.4 Å². The number of benzene rings is 2. The average Bonchev–Trinajstić information content (AvgIpc) is 3.06. The molecule has 0 aliphatic carbocycles. The number of ether oxygens (including phenoxy) is 1. The maximum absolute atomic E-state index is 11.6. The molecule has 22 heavy (non-hydrogen) atoms. The van der Waals surface area contributed by atoms with Gasteiger partial charge in [-0.1, -0.05) is 48.5 Å². The number of hydrogen-bond donors (Lipinski definition) is 1. The van der Waals surface area contributed by atoms with Crippen LogP contribution in [0.1, 0.15) is 17.5 Å². The summed E-state index contributed by atoms with van der Waals surface area (Å²) in [5.74, 6) is 0.0864. The van der Waals surface area contributed by atoms with E-state index in [1.54, 1.807) is 6.92 Å². The molecule has 0 radical (unpaired) electrons. The van der Waals surface area contributed by atoms with Gasteiger partial charge < -0.3 is 4.74 Å². The smallest absolute Gasteiger partial charge is 0.375 e. The number of esters is 1. The molecule has 0 saturated heterocycles. The third kappa shape index (κ3) is 2.88. The zero-order chi connectivity index (χ0) is 15.4. The second-order valence-corrected chi connectivity index (χ2v) is 4.67. The zero-order valence-electron chi connectivity index (χ0n) is 12.1. The van der Waals surface area contributed by atoms with Crippen molar-refractivity contribution in [3.8, 4) is 22.5 Å². The molecule has 0 atom stereocenters. The second-order valence-electron chi connectivity index (χ2n) is 4.67. The van der Waals surface area contributed by atoms with Gasteiger partial charge in [-0.2, -0.15) is 5.10 Å². The van der Waals surface area contributed by atoms with E-state index in [9.17, 15) is 4.79 Å². The van der Waals surface area contributed by atoms with Gasteiger partial charge in [0.15, 0.2) is 5.82 Å². The molecule has 5 nitrogen and oxygen atoms in total. The fourth-order valence-electron chi connectivity index (χ4n) is 2.15. The summed E-state index contributed by atoms with van der Waals surface area (Å²) >= 11 is 0. The Morgan fingerprint density at radius 1 is 1.05 bits per heavy atom. The first kappa shape index (κ1) is 14.0. The van der Waals surface area contributed by atoms with Crippen LogP contribution in [0, 0.1) is 0 Å². The maximum Gasteiger partial charge on any atom is 0.375 e. The van der Waals surface area contributed by atoms with Crippen LogP contribution in [0.3, 0.4) is 0 Å². The van der Waals surface area contributed by atoms with Crippen molar-refractivity contribution in [1.82, 2.24) is 15.2 Å². The van der Waals surface area contributed by atoms with Crippen LogP contribution >= 0.6 is 0 Å². The Hall–Kier alpha value is -2.95. The fraction of sp³-hybridized carbons (Fsp3) is 0.118. The molecular weight excluding hydrogens is 278 g/mol. The minimum absolute atomic E-state index is 0.113. The van der Waals surface area contributed by atoms with Crippen molar-refractivity contribution in [3.63, 3.8) is 0 Å². The van der Waals surface area contributed by atoms with Crippen molar-refractivity contribution in [2.24, 2.45) is 0 Å². The third-order valence-corrected chi connectivity index (χ3v) is 3.18. The van der Waals surface area contributed by atoms with Gasteiger partial charge >= 0.3 is 5.97 Å². The highest BCUT2D eigenvalue weighted by Crippen LogP contribution is 2.24. The summed E-state index contributed by atoms with van der Waals surface area (Å²) in [5, 5.41) is 6.70. The fourth-order valence-corrected chi connectivity index (χ4v) is 2.15. The van der Waals surface area contributed by atoms with Gasteiger partial charge in [0, 0.05) is 5.56 Å². The summed E-state index contributed by atoms with van der Waals surface area (Å²) in [5.41, 5.74) is 3.03. The Kier molecular flexibility index (Phi) is 3.96. The Balaban J connectivity index is 1.91. The van der Waals surface area contributed by atoms with E-state index >= 15 is 0 Å². The Morgan fingerprint density at radius 2 is 1.77 bits per heavy atom. The van der Waals surface area contributed by atoms with Gasteiger partial charge in [-0.15, -0.1) is 0 Å². The molecule has 0 aliphatic rings. The number of carbonyl (C=O) groups is 1. The quantitative estimate of drug-likeness (QED) is 0.749. The molecule has 0 saturated carbocycles. The van der Waals surface area contributed by atoms with Crippen molar-refractivity contribution < 1.29 is 9.53 Å². The van der Waals surface area contributed by atoms with E-state index in [-0.39, 0.29) is 5.82 Å². The van der Waals surface area contributed by atoms with E-state index in [4.69, 9.17) is 4.74 Å². The maximum atomic E-state index is 11.6. The van der Waals surface area contributed by atoms with Crippen LogP contribution in [0.2, 0.25) is 0 Å². The van der Waals surface area contributed by atoms with Crippen LogP contribution in [-0.4, -0.2) is 27.8 Å².